The maximum Gasteiger partial charge on any atom is 0.138 e. The SMILES string of the molecule is CN1CCCC(CN2CCN(Cc3ccc(-c4ccc(-c5nc6ccc(F)cc6[nH]5)cc4)cc3)CC2)C1. The van der Waals surface area contributed by atoms with Crippen molar-refractivity contribution >= 4 is 11.0 Å². The lowest BCUT2D eigenvalue weighted by Gasteiger charge is -2.38. The summed E-state index contributed by atoms with van der Waals surface area (Å²) >= 11 is 0. The van der Waals surface area contributed by atoms with E-state index in [2.05, 4.69) is 80.2 Å². The first kappa shape index (κ1) is 24.3. The zero-order valence-electron chi connectivity index (χ0n) is 21.7. The lowest BCUT2D eigenvalue weighted by atomic mass is 9.97. The number of aromatic amines is 1. The van der Waals surface area contributed by atoms with Gasteiger partial charge in [0.05, 0.1) is 11.0 Å². The summed E-state index contributed by atoms with van der Waals surface area (Å²) in [5.41, 5.74) is 6.25. The normalized spacial score (nSPS) is 20.0. The minimum absolute atomic E-state index is 0.258. The third kappa shape index (κ3) is 5.77. The lowest BCUT2D eigenvalue weighted by molar-refractivity contribution is 0.0930. The second kappa shape index (κ2) is 10.7. The molecule has 0 aliphatic carbocycles. The van der Waals surface area contributed by atoms with E-state index in [-0.39, 0.29) is 5.82 Å². The predicted molar refractivity (Wildman–Crippen MR) is 149 cm³/mol. The maximum atomic E-state index is 13.5. The number of piperidine rings is 1. The fraction of sp³-hybridized carbons (Fsp3) is 0.387. The summed E-state index contributed by atoms with van der Waals surface area (Å²) < 4.78 is 13.5. The number of hydrogen-bond donors (Lipinski definition) is 1. The molecule has 0 saturated carbocycles. The van der Waals surface area contributed by atoms with Crippen molar-refractivity contribution < 1.29 is 4.39 Å². The van der Waals surface area contributed by atoms with Crippen LogP contribution in [0, 0.1) is 11.7 Å². The Labute approximate surface area is 218 Å². The number of H-pyrrole nitrogens is 1. The molecule has 1 atom stereocenters. The number of rotatable bonds is 6. The number of hydrogen-bond acceptors (Lipinski definition) is 4. The number of benzene rings is 3. The van der Waals surface area contributed by atoms with Crippen molar-refractivity contribution in [3.8, 4) is 22.5 Å². The Hall–Kier alpha value is -3.06. The van der Waals surface area contributed by atoms with Gasteiger partial charge in [0, 0.05) is 51.4 Å². The first-order valence-corrected chi connectivity index (χ1v) is 13.6. The number of fused-ring (bicyclic) bond motifs is 1. The molecular formula is C31H36FN5. The highest BCUT2D eigenvalue weighted by molar-refractivity contribution is 5.80. The van der Waals surface area contributed by atoms with Crippen LogP contribution in [-0.4, -0.2) is 77.5 Å². The van der Waals surface area contributed by atoms with Gasteiger partial charge in [-0.15, -0.1) is 0 Å². The molecule has 2 fully saturated rings. The quantitative estimate of drug-likeness (QED) is 0.382. The monoisotopic (exact) mass is 497 g/mol. The van der Waals surface area contributed by atoms with Crippen LogP contribution < -0.4 is 0 Å². The van der Waals surface area contributed by atoms with Gasteiger partial charge in [0.2, 0.25) is 0 Å². The summed E-state index contributed by atoms with van der Waals surface area (Å²) in [6.07, 6.45) is 2.74. The predicted octanol–water partition coefficient (Wildman–Crippen LogP) is 5.50. The fourth-order valence-corrected chi connectivity index (χ4v) is 5.92. The zero-order chi connectivity index (χ0) is 25.2. The van der Waals surface area contributed by atoms with E-state index >= 15 is 0 Å². The lowest BCUT2D eigenvalue weighted by Crippen LogP contribution is -2.48. The Kier molecular flexibility index (Phi) is 7.05. The second-order valence-corrected chi connectivity index (χ2v) is 10.9. The molecule has 3 aromatic carbocycles. The Balaban J connectivity index is 1.03. The molecule has 2 aliphatic heterocycles. The maximum absolute atomic E-state index is 13.5. The first-order valence-electron chi connectivity index (χ1n) is 13.6. The fourth-order valence-electron chi connectivity index (χ4n) is 5.92. The van der Waals surface area contributed by atoms with Crippen molar-refractivity contribution in [2.45, 2.75) is 19.4 Å². The van der Waals surface area contributed by atoms with Crippen LogP contribution in [0.1, 0.15) is 18.4 Å². The van der Waals surface area contributed by atoms with Gasteiger partial charge in [-0.2, -0.15) is 0 Å². The molecule has 4 aromatic rings. The van der Waals surface area contributed by atoms with Crippen LogP contribution in [0.2, 0.25) is 0 Å². The molecule has 0 spiro atoms. The van der Waals surface area contributed by atoms with Crippen molar-refractivity contribution in [2.75, 3.05) is 52.9 Å². The van der Waals surface area contributed by atoms with Crippen molar-refractivity contribution in [3.05, 3.63) is 78.1 Å². The molecule has 6 rings (SSSR count). The molecule has 192 valence electrons. The standard InChI is InChI=1S/C31H36FN5/c1-35-14-2-3-24(20-35)22-37-17-15-36(16-18-37)21-23-4-6-25(7-5-23)26-8-10-27(11-9-26)31-33-29-13-12-28(32)19-30(29)34-31/h4-13,19,24H,2-3,14-18,20-22H2,1H3,(H,33,34). The molecule has 3 heterocycles. The average Bonchev–Trinajstić information content (AvgIpc) is 3.34. The van der Waals surface area contributed by atoms with Gasteiger partial charge in [-0.05, 0) is 67.2 Å². The number of imidazole rings is 1. The van der Waals surface area contributed by atoms with Gasteiger partial charge in [0.25, 0.3) is 0 Å². The number of halogens is 1. The molecule has 1 aromatic heterocycles. The van der Waals surface area contributed by atoms with E-state index in [0.717, 1.165) is 42.5 Å². The average molecular weight is 498 g/mol. The number of aromatic nitrogens is 2. The van der Waals surface area contributed by atoms with E-state index in [1.165, 1.54) is 74.4 Å². The van der Waals surface area contributed by atoms with Gasteiger partial charge in [0.1, 0.15) is 11.6 Å². The van der Waals surface area contributed by atoms with Crippen molar-refractivity contribution in [3.63, 3.8) is 0 Å². The number of likely N-dealkylation sites (tertiary alicyclic amines) is 1. The van der Waals surface area contributed by atoms with E-state index in [1.807, 2.05) is 0 Å². The summed E-state index contributed by atoms with van der Waals surface area (Å²) in [5, 5.41) is 0. The van der Waals surface area contributed by atoms with E-state index in [0.29, 0.717) is 5.52 Å². The summed E-state index contributed by atoms with van der Waals surface area (Å²) in [6.45, 7) is 9.49. The van der Waals surface area contributed by atoms with Gasteiger partial charge in [-0.25, -0.2) is 9.37 Å². The van der Waals surface area contributed by atoms with Gasteiger partial charge < -0.3 is 14.8 Å². The third-order valence-corrected chi connectivity index (χ3v) is 8.00. The summed E-state index contributed by atoms with van der Waals surface area (Å²) in [5.74, 6) is 1.34. The molecule has 6 heteroatoms. The van der Waals surface area contributed by atoms with Gasteiger partial charge in [-0.1, -0.05) is 48.5 Å². The highest BCUT2D eigenvalue weighted by Gasteiger charge is 2.23. The van der Waals surface area contributed by atoms with E-state index in [9.17, 15) is 4.39 Å². The Morgan fingerprint density at radius 3 is 2.24 bits per heavy atom. The van der Waals surface area contributed by atoms with Gasteiger partial charge >= 0.3 is 0 Å². The minimum Gasteiger partial charge on any atom is -0.338 e. The molecule has 1 N–H and O–H groups in total. The largest absolute Gasteiger partial charge is 0.338 e. The molecule has 5 nitrogen and oxygen atoms in total. The Morgan fingerprint density at radius 2 is 1.51 bits per heavy atom. The van der Waals surface area contributed by atoms with Gasteiger partial charge in [-0.3, -0.25) is 4.90 Å². The van der Waals surface area contributed by atoms with E-state index in [4.69, 9.17) is 0 Å². The summed E-state index contributed by atoms with van der Waals surface area (Å²) in [7, 11) is 2.26. The van der Waals surface area contributed by atoms with Crippen LogP contribution in [0.25, 0.3) is 33.5 Å². The van der Waals surface area contributed by atoms with Crippen molar-refractivity contribution in [2.24, 2.45) is 5.92 Å². The Bertz CT molecular complexity index is 1320. The molecule has 37 heavy (non-hydrogen) atoms. The van der Waals surface area contributed by atoms with Gasteiger partial charge in [0.15, 0.2) is 0 Å². The first-order chi connectivity index (χ1) is 18.1. The van der Waals surface area contributed by atoms with Crippen LogP contribution in [0.5, 0.6) is 0 Å². The highest BCUT2D eigenvalue weighted by Crippen LogP contribution is 2.26. The highest BCUT2D eigenvalue weighted by atomic mass is 19.1. The minimum atomic E-state index is -0.258. The van der Waals surface area contributed by atoms with E-state index < -0.39 is 0 Å². The summed E-state index contributed by atoms with van der Waals surface area (Å²) in [6, 6.07) is 22.0. The molecule has 0 amide bonds. The topological polar surface area (TPSA) is 38.4 Å². The van der Waals surface area contributed by atoms with Crippen LogP contribution in [0.4, 0.5) is 4.39 Å². The van der Waals surface area contributed by atoms with Crippen LogP contribution in [0.15, 0.2) is 66.7 Å². The third-order valence-electron chi connectivity index (χ3n) is 8.00. The molecule has 2 aliphatic rings. The molecule has 0 bridgehead atoms. The van der Waals surface area contributed by atoms with Crippen molar-refractivity contribution in [1.29, 1.82) is 0 Å². The second-order valence-electron chi connectivity index (χ2n) is 10.9. The zero-order valence-corrected chi connectivity index (χ0v) is 21.7. The molecule has 1 unspecified atom stereocenters. The van der Waals surface area contributed by atoms with Crippen LogP contribution in [-0.2, 0) is 6.54 Å². The number of nitrogens with zero attached hydrogens (tertiary/aromatic N) is 4. The van der Waals surface area contributed by atoms with Crippen LogP contribution >= 0.6 is 0 Å². The van der Waals surface area contributed by atoms with Crippen LogP contribution in [0.3, 0.4) is 0 Å². The summed E-state index contributed by atoms with van der Waals surface area (Å²) in [4.78, 5) is 15.6. The number of nitrogens with one attached hydrogen (secondary N) is 1. The molecule has 2 saturated heterocycles. The number of piperazine rings is 1. The smallest absolute Gasteiger partial charge is 0.138 e. The van der Waals surface area contributed by atoms with Crippen molar-refractivity contribution in [1.82, 2.24) is 24.7 Å². The Morgan fingerprint density at radius 1 is 0.838 bits per heavy atom. The molecule has 0 radical (unpaired) electrons. The molecular weight excluding hydrogens is 461 g/mol. The van der Waals surface area contributed by atoms with E-state index in [1.54, 1.807) is 6.07 Å².